The molecule has 2 N–H and O–H groups in total. The van der Waals surface area contributed by atoms with E-state index in [9.17, 15) is 13.6 Å². The van der Waals surface area contributed by atoms with Gasteiger partial charge in [-0.05, 0) is 18.7 Å². The average molecular weight is 259 g/mol. The van der Waals surface area contributed by atoms with E-state index in [0.29, 0.717) is 6.54 Å². The third-order valence-electron chi connectivity index (χ3n) is 2.33. The van der Waals surface area contributed by atoms with E-state index in [1.165, 1.54) is 12.1 Å². The number of hydrogen-bond acceptors (Lipinski definition) is 3. The fourth-order valence-corrected chi connectivity index (χ4v) is 1.44. The first kappa shape index (κ1) is 14.4. The maximum atomic E-state index is 13.2. The zero-order chi connectivity index (χ0) is 13.5. The molecule has 1 rings (SSSR count). The van der Waals surface area contributed by atoms with E-state index < -0.39 is 23.6 Å². The second-order valence-corrected chi connectivity index (χ2v) is 3.64. The van der Waals surface area contributed by atoms with E-state index in [2.05, 4.69) is 5.32 Å². The normalized spacial score (nSPS) is 12.2. The molecule has 1 unspecified atom stereocenters. The average Bonchev–Trinajstić information content (AvgIpc) is 2.33. The standard InChI is InChI=1S/C12H15F2NO3/c1-2-15-9(12(16)17)6-7-18-10-5-3-4-8(13)11(10)14/h3-5,9,15H,2,6-7H2,1H3,(H,16,17). The summed E-state index contributed by atoms with van der Waals surface area (Å²) in [6, 6.07) is 2.85. The van der Waals surface area contributed by atoms with Crippen molar-refractivity contribution in [2.24, 2.45) is 0 Å². The van der Waals surface area contributed by atoms with Crippen molar-refractivity contribution in [1.29, 1.82) is 0 Å². The summed E-state index contributed by atoms with van der Waals surface area (Å²) < 4.78 is 31.1. The number of benzene rings is 1. The molecule has 0 saturated heterocycles. The highest BCUT2D eigenvalue weighted by Gasteiger charge is 2.16. The minimum Gasteiger partial charge on any atom is -0.490 e. The van der Waals surface area contributed by atoms with Gasteiger partial charge in [0.2, 0.25) is 5.82 Å². The molecule has 0 aliphatic carbocycles. The van der Waals surface area contributed by atoms with Gasteiger partial charge in [0.15, 0.2) is 11.6 Å². The van der Waals surface area contributed by atoms with E-state index in [-0.39, 0.29) is 18.8 Å². The van der Waals surface area contributed by atoms with Gasteiger partial charge in [-0.15, -0.1) is 0 Å². The number of hydrogen-bond donors (Lipinski definition) is 2. The Morgan fingerprint density at radius 2 is 2.22 bits per heavy atom. The van der Waals surface area contributed by atoms with Crippen LogP contribution in [0, 0.1) is 11.6 Å². The number of carboxylic acids is 1. The predicted molar refractivity (Wildman–Crippen MR) is 61.6 cm³/mol. The topological polar surface area (TPSA) is 58.6 Å². The Morgan fingerprint density at radius 3 is 2.83 bits per heavy atom. The minimum absolute atomic E-state index is 0.00958. The van der Waals surface area contributed by atoms with Gasteiger partial charge >= 0.3 is 5.97 Å². The minimum atomic E-state index is -1.06. The molecule has 0 aliphatic heterocycles. The Labute approximate surface area is 104 Å². The quantitative estimate of drug-likeness (QED) is 0.784. The molecule has 0 aromatic heterocycles. The number of carboxylic acid groups (broad SMARTS) is 1. The second kappa shape index (κ2) is 6.90. The predicted octanol–water partition coefficient (Wildman–Crippen LogP) is 1.80. The van der Waals surface area contributed by atoms with Gasteiger partial charge in [0.25, 0.3) is 0 Å². The molecule has 1 aromatic carbocycles. The first-order valence-electron chi connectivity index (χ1n) is 5.59. The van der Waals surface area contributed by atoms with Crippen LogP contribution in [0.4, 0.5) is 8.78 Å². The van der Waals surface area contributed by atoms with Crippen LogP contribution in [0.1, 0.15) is 13.3 Å². The highest BCUT2D eigenvalue weighted by Crippen LogP contribution is 2.19. The maximum absolute atomic E-state index is 13.2. The summed E-state index contributed by atoms with van der Waals surface area (Å²) in [7, 11) is 0. The van der Waals surface area contributed by atoms with Gasteiger partial charge in [0.05, 0.1) is 6.61 Å². The Kier molecular flexibility index (Phi) is 5.51. The van der Waals surface area contributed by atoms with Crippen LogP contribution in [0.3, 0.4) is 0 Å². The smallest absolute Gasteiger partial charge is 0.320 e. The van der Waals surface area contributed by atoms with Gasteiger partial charge in [-0.3, -0.25) is 4.79 Å². The van der Waals surface area contributed by atoms with Gasteiger partial charge in [-0.25, -0.2) is 4.39 Å². The van der Waals surface area contributed by atoms with E-state index in [4.69, 9.17) is 9.84 Å². The Balaban J connectivity index is 2.50. The highest BCUT2D eigenvalue weighted by atomic mass is 19.2. The largest absolute Gasteiger partial charge is 0.490 e. The number of ether oxygens (including phenoxy) is 1. The van der Waals surface area contributed by atoms with Crippen LogP contribution >= 0.6 is 0 Å². The van der Waals surface area contributed by atoms with Crippen LogP contribution in [0.2, 0.25) is 0 Å². The van der Waals surface area contributed by atoms with Gasteiger partial charge in [-0.2, -0.15) is 4.39 Å². The lowest BCUT2D eigenvalue weighted by Crippen LogP contribution is -2.37. The molecule has 1 atom stereocenters. The number of aliphatic carboxylic acids is 1. The fraction of sp³-hybridized carbons (Fsp3) is 0.417. The van der Waals surface area contributed by atoms with Crippen molar-refractivity contribution in [2.75, 3.05) is 13.2 Å². The summed E-state index contributed by atoms with van der Waals surface area (Å²) in [5, 5.41) is 11.6. The van der Waals surface area contributed by atoms with Crippen LogP contribution in [-0.2, 0) is 4.79 Å². The lowest BCUT2D eigenvalue weighted by Gasteiger charge is -2.13. The van der Waals surface area contributed by atoms with Crippen molar-refractivity contribution >= 4 is 5.97 Å². The third-order valence-corrected chi connectivity index (χ3v) is 2.33. The van der Waals surface area contributed by atoms with E-state index in [0.717, 1.165) is 6.07 Å². The summed E-state index contributed by atoms with van der Waals surface area (Å²) in [5.74, 6) is -3.27. The van der Waals surface area contributed by atoms with Gasteiger partial charge in [0.1, 0.15) is 6.04 Å². The van der Waals surface area contributed by atoms with Gasteiger partial charge in [0, 0.05) is 6.42 Å². The zero-order valence-corrected chi connectivity index (χ0v) is 9.95. The molecule has 0 aliphatic rings. The third kappa shape index (κ3) is 3.96. The molecule has 18 heavy (non-hydrogen) atoms. The lowest BCUT2D eigenvalue weighted by molar-refractivity contribution is -0.139. The molecular weight excluding hydrogens is 244 g/mol. The molecular formula is C12H15F2NO3. The van der Waals surface area contributed by atoms with Crippen molar-refractivity contribution in [2.45, 2.75) is 19.4 Å². The number of rotatable bonds is 7. The summed E-state index contributed by atoms with van der Waals surface area (Å²) in [4.78, 5) is 10.8. The van der Waals surface area contributed by atoms with Gasteiger partial charge in [-0.1, -0.05) is 13.0 Å². The summed E-state index contributed by atoms with van der Waals surface area (Å²) >= 11 is 0. The van der Waals surface area contributed by atoms with Crippen LogP contribution in [0.15, 0.2) is 18.2 Å². The maximum Gasteiger partial charge on any atom is 0.320 e. The fourth-order valence-electron chi connectivity index (χ4n) is 1.44. The van der Waals surface area contributed by atoms with Crippen LogP contribution in [0.25, 0.3) is 0 Å². The molecule has 0 bridgehead atoms. The molecule has 1 aromatic rings. The first-order valence-corrected chi connectivity index (χ1v) is 5.59. The lowest BCUT2D eigenvalue weighted by atomic mass is 10.2. The van der Waals surface area contributed by atoms with Crippen molar-refractivity contribution in [3.05, 3.63) is 29.8 Å². The molecule has 4 nitrogen and oxygen atoms in total. The second-order valence-electron chi connectivity index (χ2n) is 3.64. The molecule has 100 valence electrons. The van der Waals surface area contributed by atoms with Crippen molar-refractivity contribution in [3.63, 3.8) is 0 Å². The summed E-state index contributed by atoms with van der Waals surface area (Å²) in [6.07, 6.45) is 0.166. The SMILES string of the molecule is CCNC(CCOc1cccc(F)c1F)C(=O)O. The highest BCUT2D eigenvalue weighted by molar-refractivity contribution is 5.73. The Hall–Kier alpha value is -1.69. The zero-order valence-electron chi connectivity index (χ0n) is 9.95. The monoisotopic (exact) mass is 259 g/mol. The summed E-state index contributed by atoms with van der Waals surface area (Å²) in [5.41, 5.74) is 0. The molecule has 0 amide bonds. The van der Waals surface area contributed by atoms with Crippen LogP contribution in [0.5, 0.6) is 5.75 Å². The number of likely N-dealkylation sites (N-methyl/N-ethyl adjacent to an activating group) is 1. The van der Waals surface area contributed by atoms with E-state index in [1.807, 2.05) is 0 Å². The molecule has 0 spiro atoms. The molecule has 6 heteroatoms. The van der Waals surface area contributed by atoms with E-state index in [1.54, 1.807) is 6.92 Å². The summed E-state index contributed by atoms with van der Waals surface area (Å²) in [6.45, 7) is 2.28. The first-order chi connectivity index (χ1) is 8.56. The number of carbonyl (C=O) groups is 1. The van der Waals surface area contributed by atoms with Crippen LogP contribution in [-0.4, -0.2) is 30.3 Å². The van der Waals surface area contributed by atoms with Crippen molar-refractivity contribution in [3.8, 4) is 5.75 Å². The van der Waals surface area contributed by atoms with Crippen molar-refractivity contribution < 1.29 is 23.4 Å². The number of nitrogens with one attached hydrogen (secondary N) is 1. The molecule has 0 heterocycles. The van der Waals surface area contributed by atoms with Gasteiger partial charge < -0.3 is 15.2 Å². The Bertz CT molecular complexity index is 412. The molecule has 0 fully saturated rings. The number of halogens is 2. The molecule has 0 radical (unpaired) electrons. The van der Waals surface area contributed by atoms with Crippen molar-refractivity contribution in [1.82, 2.24) is 5.32 Å². The Morgan fingerprint density at radius 1 is 1.50 bits per heavy atom. The van der Waals surface area contributed by atoms with Crippen LogP contribution < -0.4 is 10.1 Å². The molecule has 0 saturated carbocycles. The van der Waals surface area contributed by atoms with E-state index >= 15 is 0 Å².